The Balaban J connectivity index is 1.79. The summed E-state index contributed by atoms with van der Waals surface area (Å²) in [5.41, 5.74) is 1.15. The molecule has 1 N–H and O–H groups in total. The maximum atomic E-state index is 14.1. The number of hydrogen-bond donors (Lipinski definition) is 1. The summed E-state index contributed by atoms with van der Waals surface area (Å²) in [6, 6.07) is 4.79. The summed E-state index contributed by atoms with van der Waals surface area (Å²) in [5.74, 6) is -1.89. The van der Waals surface area contributed by atoms with Gasteiger partial charge in [-0.25, -0.2) is 9.37 Å². The van der Waals surface area contributed by atoms with Crippen molar-refractivity contribution < 1.29 is 18.7 Å². The lowest BCUT2D eigenvalue weighted by Gasteiger charge is -2.08. The molecule has 1 saturated carbocycles. The van der Waals surface area contributed by atoms with Gasteiger partial charge in [-0.2, -0.15) is 4.39 Å². The number of carbonyl (C=O) groups is 1. The number of carboxylic acids is 1. The first-order valence-corrected chi connectivity index (χ1v) is 7.59. The smallest absolute Gasteiger partial charge is 0.306 e. The van der Waals surface area contributed by atoms with Gasteiger partial charge in [0.05, 0.1) is 24.1 Å². The maximum absolute atomic E-state index is 14.1. The van der Waals surface area contributed by atoms with E-state index in [2.05, 4.69) is 4.98 Å². The Morgan fingerprint density at radius 1 is 1.52 bits per heavy atom. The predicted molar refractivity (Wildman–Crippen MR) is 75.3 cm³/mol. The molecule has 2 aromatic rings. The lowest BCUT2D eigenvalue weighted by atomic mass is 10.1. The summed E-state index contributed by atoms with van der Waals surface area (Å²) in [6.07, 6.45) is 3.08. The number of carboxylic acid groups (broad SMARTS) is 1. The van der Waals surface area contributed by atoms with Gasteiger partial charge >= 0.3 is 5.97 Å². The molecule has 110 valence electrons. The molecule has 1 fully saturated rings. The van der Waals surface area contributed by atoms with Crippen molar-refractivity contribution in [1.29, 1.82) is 0 Å². The summed E-state index contributed by atoms with van der Waals surface area (Å²) in [5, 5.41) is 8.51. The molecule has 0 aliphatic heterocycles. The fraction of sp³-hybridized carbons (Fsp3) is 0.286. The highest BCUT2D eigenvalue weighted by Gasteiger charge is 2.56. The van der Waals surface area contributed by atoms with Crippen molar-refractivity contribution in [3.05, 3.63) is 53.6 Å². The molecule has 1 aromatic carbocycles. The van der Waals surface area contributed by atoms with Crippen LogP contribution >= 0.6 is 0 Å². The molecule has 1 aromatic heterocycles. The molecule has 1 heterocycles. The van der Waals surface area contributed by atoms with E-state index >= 15 is 0 Å². The van der Waals surface area contributed by atoms with Crippen LogP contribution in [0.2, 0.25) is 5.04 Å². The molecule has 0 radical (unpaired) electrons. The first-order valence-electron chi connectivity index (χ1n) is 6.59. The lowest BCUT2D eigenvalue weighted by Crippen LogP contribution is -2.10. The molecule has 0 bridgehead atoms. The number of benzene rings is 1. The van der Waals surface area contributed by atoms with Gasteiger partial charge in [0.25, 0.3) is 0 Å². The maximum Gasteiger partial charge on any atom is 0.306 e. The van der Waals surface area contributed by atoms with Crippen LogP contribution in [0.4, 0.5) is 8.78 Å². The number of aliphatic carboxylic acids is 1. The molecule has 0 saturated heterocycles. The molecule has 2 atom stereocenters. The minimum absolute atomic E-state index is 0.0871. The average Bonchev–Trinajstić information content (AvgIpc) is 2.96. The van der Waals surface area contributed by atoms with Gasteiger partial charge in [-0.1, -0.05) is 12.1 Å². The van der Waals surface area contributed by atoms with Crippen molar-refractivity contribution in [3.63, 3.8) is 0 Å². The third-order valence-corrected chi connectivity index (χ3v) is 5.69. The van der Waals surface area contributed by atoms with Gasteiger partial charge < -0.3 is 9.67 Å². The third-order valence-electron chi connectivity index (χ3n) is 4.16. The van der Waals surface area contributed by atoms with Crippen LogP contribution in [-0.4, -0.2) is 30.9 Å². The molecule has 1 aliphatic rings. The highest BCUT2D eigenvalue weighted by Crippen LogP contribution is 2.63. The first-order chi connectivity index (χ1) is 9.90. The zero-order valence-electron chi connectivity index (χ0n) is 11.4. The van der Waals surface area contributed by atoms with Crippen LogP contribution in [0.5, 0.6) is 0 Å². The van der Waals surface area contributed by atoms with Gasteiger partial charge in [0, 0.05) is 15.8 Å². The van der Waals surface area contributed by atoms with E-state index in [9.17, 15) is 13.6 Å². The first kappa shape index (κ1) is 13.9. The Kier molecular flexibility index (Phi) is 3.16. The third kappa shape index (κ3) is 2.48. The van der Waals surface area contributed by atoms with Gasteiger partial charge in [0.1, 0.15) is 5.82 Å². The molecular formula is C14H14F2N2O2Si. The van der Waals surface area contributed by atoms with Gasteiger partial charge in [-0.3, -0.25) is 4.79 Å². The van der Waals surface area contributed by atoms with Crippen molar-refractivity contribution in [2.75, 3.05) is 0 Å². The van der Waals surface area contributed by atoms with Crippen molar-refractivity contribution >= 4 is 16.2 Å². The minimum atomic E-state index is -0.794. The molecular weight excluding hydrogens is 294 g/mol. The van der Waals surface area contributed by atoms with E-state index in [1.807, 2.05) is 0 Å². The monoisotopic (exact) mass is 308 g/mol. The molecule has 1 aliphatic carbocycles. The molecule has 0 amide bonds. The topological polar surface area (TPSA) is 55.1 Å². The number of hydrogen-bond acceptors (Lipinski definition) is 2. The van der Waals surface area contributed by atoms with E-state index in [0.29, 0.717) is 22.2 Å². The Bertz CT molecular complexity index is 719. The largest absolute Gasteiger partial charge is 0.481 e. The van der Waals surface area contributed by atoms with E-state index in [1.165, 1.54) is 23.2 Å². The van der Waals surface area contributed by atoms with Crippen molar-refractivity contribution in [2.24, 2.45) is 0 Å². The van der Waals surface area contributed by atoms with Crippen molar-refractivity contribution in [3.8, 4) is 0 Å². The fourth-order valence-corrected chi connectivity index (χ4v) is 3.35. The lowest BCUT2D eigenvalue weighted by molar-refractivity contribution is -0.137. The summed E-state index contributed by atoms with van der Waals surface area (Å²) < 4.78 is 28.4. The molecule has 0 unspecified atom stereocenters. The van der Waals surface area contributed by atoms with E-state index in [0.717, 1.165) is 5.56 Å². The van der Waals surface area contributed by atoms with Crippen molar-refractivity contribution in [2.45, 2.75) is 23.9 Å². The van der Waals surface area contributed by atoms with Crippen LogP contribution in [0.3, 0.4) is 0 Å². The Morgan fingerprint density at radius 2 is 2.29 bits per heavy atom. The Labute approximate surface area is 122 Å². The SMILES string of the molecule is O=C(O)[C@@]1([SiH3])C[C@@H]1c1ccc(Cn2cnc(F)c2)c(F)c1. The molecule has 3 rings (SSSR count). The van der Waals surface area contributed by atoms with Crippen LogP contribution in [0.1, 0.15) is 23.5 Å². The van der Waals surface area contributed by atoms with E-state index < -0.39 is 22.8 Å². The quantitative estimate of drug-likeness (QED) is 0.866. The van der Waals surface area contributed by atoms with Gasteiger partial charge in [0.15, 0.2) is 0 Å². The number of nitrogens with zero attached hydrogens (tertiary/aromatic N) is 2. The van der Waals surface area contributed by atoms with Gasteiger partial charge in [-0.15, -0.1) is 0 Å². The zero-order chi connectivity index (χ0) is 15.2. The highest BCUT2D eigenvalue weighted by molar-refractivity contribution is 6.30. The molecule has 0 spiro atoms. The number of halogens is 2. The fourth-order valence-electron chi connectivity index (χ4n) is 2.61. The normalized spacial score (nSPS) is 24.2. The van der Waals surface area contributed by atoms with Crippen LogP contribution in [0.25, 0.3) is 0 Å². The van der Waals surface area contributed by atoms with Gasteiger partial charge in [-0.05, 0) is 24.0 Å². The van der Waals surface area contributed by atoms with Gasteiger partial charge in [0.2, 0.25) is 5.95 Å². The molecule has 21 heavy (non-hydrogen) atoms. The summed E-state index contributed by atoms with van der Waals surface area (Å²) >= 11 is 0. The van der Waals surface area contributed by atoms with E-state index in [1.54, 1.807) is 12.1 Å². The van der Waals surface area contributed by atoms with Crippen molar-refractivity contribution in [1.82, 2.24) is 9.55 Å². The predicted octanol–water partition coefficient (Wildman–Crippen LogP) is 1.31. The van der Waals surface area contributed by atoms with Crippen LogP contribution in [0.15, 0.2) is 30.7 Å². The highest BCUT2D eigenvalue weighted by atomic mass is 28.1. The Morgan fingerprint density at radius 3 is 2.81 bits per heavy atom. The van der Waals surface area contributed by atoms with Crippen LogP contribution in [0, 0.1) is 11.8 Å². The van der Waals surface area contributed by atoms with E-state index in [4.69, 9.17) is 5.11 Å². The zero-order valence-corrected chi connectivity index (χ0v) is 13.4. The van der Waals surface area contributed by atoms with Crippen LogP contribution < -0.4 is 0 Å². The molecule has 7 heteroatoms. The molecule has 4 nitrogen and oxygen atoms in total. The summed E-state index contributed by atoms with van der Waals surface area (Å²) in [4.78, 5) is 14.6. The minimum Gasteiger partial charge on any atom is -0.481 e. The number of rotatable bonds is 4. The Hall–Kier alpha value is -2.02. The second kappa shape index (κ2) is 4.76. The van der Waals surface area contributed by atoms with Crippen LogP contribution in [-0.2, 0) is 11.3 Å². The summed E-state index contributed by atoms with van der Waals surface area (Å²) in [6.45, 7) is 0.193. The number of aromatic nitrogens is 2. The summed E-state index contributed by atoms with van der Waals surface area (Å²) in [7, 11) is 0.545. The van der Waals surface area contributed by atoms with E-state index in [-0.39, 0.29) is 12.5 Å². The number of imidazole rings is 1. The second-order valence-corrected chi connectivity index (χ2v) is 7.48. The standard InChI is InChI=1S/C14H14F2N2O2Si/c15-11-3-8(10-4-14(10,21)13(19)20)1-2-9(11)5-18-6-12(16)17-7-18/h1-3,6-7,10H,4-5H2,21H3,(H,19,20)/t10-,14-/m1/s1. The average molecular weight is 308 g/mol. The second-order valence-electron chi connectivity index (χ2n) is 5.70.